The Morgan fingerprint density at radius 1 is 0.635 bits per heavy atom. The summed E-state index contributed by atoms with van der Waals surface area (Å²) in [7, 11) is 0. The van der Waals surface area contributed by atoms with Gasteiger partial charge in [-0.25, -0.2) is 19.6 Å². The molecule has 2 aromatic heterocycles. The van der Waals surface area contributed by atoms with Gasteiger partial charge >= 0.3 is 12.2 Å². The molecule has 52 heavy (non-hydrogen) atoms. The fourth-order valence-electron chi connectivity index (χ4n) is 7.43. The Balaban J connectivity index is 0.975. The SMILES string of the molecule is CC(C)(C)OC(=O)N1CCCC1c1nc(-c2ccc(C3CCC(c4ccc(-c5n[nH]c(C6CCCN6C(=O)OC(C)(C)C)n5)cc4)N3O)cc2)n[nH]1. The molecule has 4 unspecified atom stereocenters. The lowest BCUT2D eigenvalue weighted by Crippen LogP contribution is -2.36. The highest BCUT2D eigenvalue weighted by Gasteiger charge is 2.38. The minimum absolute atomic E-state index is 0.155. The van der Waals surface area contributed by atoms with E-state index in [0.29, 0.717) is 36.4 Å². The minimum Gasteiger partial charge on any atom is -0.444 e. The summed E-state index contributed by atoms with van der Waals surface area (Å²) in [5, 5.41) is 27.8. The number of nitrogens with zero attached hydrogens (tertiary/aromatic N) is 7. The summed E-state index contributed by atoms with van der Waals surface area (Å²) in [5.41, 5.74) is 2.58. The molecule has 0 bridgehead atoms. The molecule has 14 nitrogen and oxygen atoms in total. The molecule has 14 heteroatoms. The van der Waals surface area contributed by atoms with Gasteiger partial charge in [0.15, 0.2) is 11.6 Å². The number of hydroxylamine groups is 2. The molecule has 3 saturated heterocycles. The maximum atomic E-state index is 12.8. The molecule has 3 fully saturated rings. The quantitative estimate of drug-likeness (QED) is 0.181. The smallest absolute Gasteiger partial charge is 0.410 e. The number of ether oxygens (including phenoxy) is 2. The summed E-state index contributed by atoms with van der Waals surface area (Å²) in [5.74, 6) is 2.42. The molecule has 276 valence electrons. The summed E-state index contributed by atoms with van der Waals surface area (Å²) < 4.78 is 11.2. The lowest BCUT2D eigenvalue weighted by atomic mass is 10.0. The normalized spacial score (nSPS) is 22.7. The van der Waals surface area contributed by atoms with Crippen molar-refractivity contribution in [2.45, 2.75) is 115 Å². The number of carbonyl (C=O) groups excluding carboxylic acids is 2. The number of rotatable bonds is 6. The van der Waals surface area contributed by atoms with Crippen LogP contribution < -0.4 is 0 Å². The van der Waals surface area contributed by atoms with Gasteiger partial charge in [-0.3, -0.25) is 20.0 Å². The molecular weight excluding hydrogens is 662 g/mol. The number of benzene rings is 2. The van der Waals surface area contributed by atoms with Crippen LogP contribution in [0.5, 0.6) is 0 Å². The number of H-pyrrole nitrogens is 2. The molecule has 0 radical (unpaired) electrons. The second kappa shape index (κ2) is 14.0. The van der Waals surface area contributed by atoms with Gasteiger partial charge in [-0.2, -0.15) is 15.3 Å². The number of aromatic amines is 2. The molecule has 3 aliphatic heterocycles. The van der Waals surface area contributed by atoms with E-state index in [2.05, 4.69) is 20.4 Å². The predicted octanol–water partition coefficient (Wildman–Crippen LogP) is 7.67. The van der Waals surface area contributed by atoms with Gasteiger partial charge < -0.3 is 14.7 Å². The first-order valence-corrected chi connectivity index (χ1v) is 18.3. The Bertz CT molecular complexity index is 1740. The second-order valence-corrected chi connectivity index (χ2v) is 16.0. The van der Waals surface area contributed by atoms with Crippen molar-refractivity contribution in [1.29, 1.82) is 0 Å². The number of hydrogen-bond acceptors (Lipinski definition) is 10. The van der Waals surface area contributed by atoms with Gasteiger partial charge in [0.1, 0.15) is 22.9 Å². The molecule has 4 atom stereocenters. The summed E-state index contributed by atoms with van der Waals surface area (Å²) >= 11 is 0. The van der Waals surface area contributed by atoms with Crippen molar-refractivity contribution in [2.24, 2.45) is 0 Å². The lowest BCUT2D eigenvalue weighted by Gasteiger charge is -2.27. The molecular formula is C38H49N9O5. The van der Waals surface area contributed by atoms with E-state index in [-0.39, 0.29) is 36.4 Å². The van der Waals surface area contributed by atoms with E-state index in [0.717, 1.165) is 60.8 Å². The highest BCUT2D eigenvalue weighted by molar-refractivity contribution is 5.70. The van der Waals surface area contributed by atoms with E-state index in [1.54, 1.807) is 9.80 Å². The van der Waals surface area contributed by atoms with Gasteiger partial charge in [-0.05, 0) is 91.2 Å². The highest BCUT2D eigenvalue weighted by Crippen LogP contribution is 2.43. The van der Waals surface area contributed by atoms with Crippen LogP contribution in [0.25, 0.3) is 22.8 Å². The molecule has 5 heterocycles. The van der Waals surface area contributed by atoms with Crippen molar-refractivity contribution >= 4 is 12.2 Å². The Labute approximate surface area is 303 Å². The first-order chi connectivity index (χ1) is 24.7. The molecule has 3 aliphatic rings. The maximum absolute atomic E-state index is 12.8. The van der Waals surface area contributed by atoms with Crippen LogP contribution in [0.1, 0.15) is 127 Å². The van der Waals surface area contributed by atoms with E-state index in [1.807, 2.05) is 90.1 Å². The van der Waals surface area contributed by atoms with Gasteiger partial charge in [0.2, 0.25) is 0 Å². The van der Waals surface area contributed by atoms with Gasteiger partial charge in [0.05, 0.1) is 24.2 Å². The van der Waals surface area contributed by atoms with E-state index in [4.69, 9.17) is 19.4 Å². The molecule has 0 spiro atoms. The lowest BCUT2D eigenvalue weighted by molar-refractivity contribution is -0.137. The third-order valence-electron chi connectivity index (χ3n) is 9.86. The molecule has 2 aromatic carbocycles. The van der Waals surface area contributed by atoms with Crippen molar-refractivity contribution in [3.63, 3.8) is 0 Å². The van der Waals surface area contributed by atoms with Crippen LogP contribution in [0, 0.1) is 0 Å². The molecule has 0 saturated carbocycles. The molecule has 2 amide bonds. The zero-order valence-electron chi connectivity index (χ0n) is 30.8. The van der Waals surface area contributed by atoms with Crippen LogP contribution in [0.4, 0.5) is 9.59 Å². The maximum Gasteiger partial charge on any atom is 0.410 e. The average Bonchev–Trinajstić information content (AvgIpc) is 3.93. The van der Waals surface area contributed by atoms with Crippen LogP contribution in [-0.2, 0) is 9.47 Å². The zero-order chi connectivity index (χ0) is 36.8. The zero-order valence-corrected chi connectivity index (χ0v) is 30.8. The summed E-state index contributed by atoms with van der Waals surface area (Å²) in [6.45, 7) is 12.4. The Morgan fingerprint density at radius 2 is 1.02 bits per heavy atom. The third-order valence-corrected chi connectivity index (χ3v) is 9.86. The monoisotopic (exact) mass is 711 g/mol. The number of nitrogens with one attached hydrogen (secondary N) is 2. The van der Waals surface area contributed by atoms with Gasteiger partial charge in [-0.1, -0.05) is 48.5 Å². The topological polar surface area (TPSA) is 166 Å². The predicted molar refractivity (Wildman–Crippen MR) is 192 cm³/mol. The van der Waals surface area contributed by atoms with Crippen LogP contribution in [0.3, 0.4) is 0 Å². The van der Waals surface area contributed by atoms with Crippen LogP contribution in [0.2, 0.25) is 0 Å². The summed E-state index contributed by atoms with van der Waals surface area (Å²) in [6.07, 6.45) is 4.26. The van der Waals surface area contributed by atoms with Crippen LogP contribution >= 0.6 is 0 Å². The molecule has 7 rings (SSSR count). The van der Waals surface area contributed by atoms with E-state index < -0.39 is 11.2 Å². The molecule has 0 aliphatic carbocycles. The first kappa shape index (κ1) is 35.6. The van der Waals surface area contributed by atoms with E-state index in [9.17, 15) is 14.8 Å². The Morgan fingerprint density at radius 3 is 1.38 bits per heavy atom. The Kier molecular flexibility index (Phi) is 9.55. The van der Waals surface area contributed by atoms with Crippen molar-refractivity contribution in [1.82, 2.24) is 45.2 Å². The largest absolute Gasteiger partial charge is 0.444 e. The van der Waals surface area contributed by atoms with Crippen molar-refractivity contribution in [3.05, 3.63) is 71.3 Å². The van der Waals surface area contributed by atoms with Gasteiger partial charge in [0, 0.05) is 24.2 Å². The summed E-state index contributed by atoms with van der Waals surface area (Å²) in [4.78, 5) is 38.5. The number of likely N-dealkylation sites (tertiary alicyclic amines) is 2. The molecule has 4 aromatic rings. The fourth-order valence-corrected chi connectivity index (χ4v) is 7.43. The van der Waals surface area contributed by atoms with Crippen LogP contribution in [-0.4, -0.2) is 86.9 Å². The average molecular weight is 712 g/mol. The standard InChI is InChI=1S/C38H49N9O5/c1-37(2,3)51-35(48)45-21-7-9-29(45)33-39-31(41-43-33)25-15-11-23(12-16-25)27-19-20-28(47(27)50)24-13-17-26(18-14-24)32-40-34(44-42-32)30-10-8-22-46(30)36(49)52-38(4,5)6/h11-18,27-30,50H,7-10,19-22H2,1-6H3,(H,39,41,43)(H,40,42,44). The van der Waals surface area contributed by atoms with Crippen molar-refractivity contribution < 1.29 is 24.3 Å². The molecule has 3 N–H and O–H groups in total. The third kappa shape index (κ3) is 7.54. The Hall–Kier alpha value is -4.82. The number of amides is 2. The van der Waals surface area contributed by atoms with Crippen molar-refractivity contribution in [2.75, 3.05) is 13.1 Å². The first-order valence-electron chi connectivity index (χ1n) is 18.3. The van der Waals surface area contributed by atoms with E-state index >= 15 is 0 Å². The number of aromatic nitrogens is 6. The van der Waals surface area contributed by atoms with Gasteiger partial charge in [0.25, 0.3) is 0 Å². The highest BCUT2D eigenvalue weighted by atomic mass is 16.6. The summed E-state index contributed by atoms with van der Waals surface area (Å²) in [6, 6.07) is 15.2. The van der Waals surface area contributed by atoms with E-state index in [1.165, 1.54) is 5.06 Å². The number of hydrogen-bond donors (Lipinski definition) is 3. The van der Waals surface area contributed by atoms with Crippen LogP contribution in [0.15, 0.2) is 48.5 Å². The second-order valence-electron chi connectivity index (χ2n) is 16.0. The fraction of sp³-hybridized carbons (Fsp3) is 0.526. The van der Waals surface area contributed by atoms with Gasteiger partial charge in [-0.15, -0.1) is 0 Å². The number of carbonyl (C=O) groups is 2. The van der Waals surface area contributed by atoms with Crippen molar-refractivity contribution in [3.8, 4) is 22.8 Å². The minimum atomic E-state index is -0.568.